The summed E-state index contributed by atoms with van der Waals surface area (Å²) in [5, 5.41) is 5.05. The minimum atomic E-state index is -0.367. The smallest absolute Gasteiger partial charge is 0.246 e. The Morgan fingerprint density at radius 3 is 2.32 bits per heavy atom. The number of nitrogens with one attached hydrogen (secondary N) is 2. The SMILES string of the molecule is CNc1nc(N(C)C)nc(N2CC(=O)NC(=O)C2)n1. The van der Waals surface area contributed by atoms with Crippen molar-refractivity contribution in [1.29, 1.82) is 0 Å². The van der Waals surface area contributed by atoms with E-state index < -0.39 is 0 Å². The van der Waals surface area contributed by atoms with Crippen molar-refractivity contribution < 1.29 is 9.59 Å². The van der Waals surface area contributed by atoms with Gasteiger partial charge in [-0.25, -0.2) is 0 Å². The monoisotopic (exact) mass is 265 g/mol. The van der Waals surface area contributed by atoms with Gasteiger partial charge in [-0.3, -0.25) is 14.9 Å². The lowest BCUT2D eigenvalue weighted by atomic mass is 10.3. The highest BCUT2D eigenvalue weighted by molar-refractivity contribution is 6.02. The third-order valence-corrected chi connectivity index (χ3v) is 2.47. The van der Waals surface area contributed by atoms with E-state index in [0.717, 1.165) is 0 Å². The van der Waals surface area contributed by atoms with Gasteiger partial charge in [0, 0.05) is 21.1 Å². The summed E-state index contributed by atoms with van der Waals surface area (Å²) in [5.41, 5.74) is 0. The molecule has 0 atom stereocenters. The largest absolute Gasteiger partial charge is 0.357 e. The molecule has 0 spiro atoms. The number of carbonyl (C=O) groups is 2. The molecule has 0 bridgehead atoms. The summed E-state index contributed by atoms with van der Waals surface area (Å²) in [6.07, 6.45) is 0. The third-order valence-electron chi connectivity index (χ3n) is 2.47. The van der Waals surface area contributed by atoms with Crippen molar-refractivity contribution in [2.24, 2.45) is 0 Å². The molecular weight excluding hydrogens is 250 g/mol. The summed E-state index contributed by atoms with van der Waals surface area (Å²) < 4.78 is 0. The molecule has 19 heavy (non-hydrogen) atoms. The van der Waals surface area contributed by atoms with Crippen LogP contribution in [0.4, 0.5) is 17.8 Å². The Hall–Kier alpha value is -2.45. The highest BCUT2D eigenvalue weighted by Gasteiger charge is 2.25. The third kappa shape index (κ3) is 2.87. The number of nitrogens with zero attached hydrogens (tertiary/aromatic N) is 5. The van der Waals surface area contributed by atoms with Gasteiger partial charge < -0.3 is 15.1 Å². The molecule has 1 aliphatic rings. The number of carbonyl (C=O) groups excluding carboxylic acids is 2. The number of hydrogen-bond donors (Lipinski definition) is 2. The molecule has 0 unspecified atom stereocenters. The number of hydrogen-bond acceptors (Lipinski definition) is 8. The van der Waals surface area contributed by atoms with Crippen molar-refractivity contribution in [2.75, 3.05) is 49.3 Å². The normalized spacial score (nSPS) is 15.2. The molecule has 2 amide bonds. The Bertz CT molecular complexity index is 501. The minimum Gasteiger partial charge on any atom is -0.357 e. The topological polar surface area (TPSA) is 103 Å². The van der Waals surface area contributed by atoms with E-state index in [1.165, 1.54) is 4.90 Å². The first kappa shape index (κ1) is 13.0. The number of imide groups is 1. The van der Waals surface area contributed by atoms with Crippen LogP contribution in [0.3, 0.4) is 0 Å². The van der Waals surface area contributed by atoms with Crippen LogP contribution in [-0.2, 0) is 9.59 Å². The van der Waals surface area contributed by atoms with Crippen molar-refractivity contribution in [3.63, 3.8) is 0 Å². The standard InChI is InChI=1S/C10H15N7O2/c1-11-8-13-9(16(2)3)15-10(14-8)17-4-6(18)12-7(19)5-17/h4-5H2,1-3H3,(H,12,18,19)(H,11,13,14,15). The van der Waals surface area contributed by atoms with E-state index in [9.17, 15) is 9.59 Å². The number of amides is 2. The lowest BCUT2D eigenvalue weighted by Crippen LogP contribution is -2.52. The highest BCUT2D eigenvalue weighted by atomic mass is 16.2. The van der Waals surface area contributed by atoms with Crippen molar-refractivity contribution in [1.82, 2.24) is 20.3 Å². The molecule has 0 aromatic carbocycles. The van der Waals surface area contributed by atoms with Crippen molar-refractivity contribution in [3.8, 4) is 0 Å². The average molecular weight is 265 g/mol. The number of anilines is 3. The molecule has 9 nitrogen and oxygen atoms in total. The first-order valence-electron chi connectivity index (χ1n) is 5.68. The molecule has 0 aliphatic carbocycles. The quantitative estimate of drug-likeness (QED) is 0.633. The summed E-state index contributed by atoms with van der Waals surface area (Å²) in [7, 11) is 5.28. The first-order valence-corrected chi connectivity index (χ1v) is 5.68. The van der Waals surface area contributed by atoms with E-state index >= 15 is 0 Å². The second kappa shape index (κ2) is 5.04. The van der Waals surface area contributed by atoms with Crippen LogP contribution < -0.4 is 20.4 Å². The Morgan fingerprint density at radius 1 is 1.16 bits per heavy atom. The maximum absolute atomic E-state index is 11.4. The van der Waals surface area contributed by atoms with Crippen LogP contribution in [0.15, 0.2) is 0 Å². The summed E-state index contributed by atoms with van der Waals surface area (Å²) >= 11 is 0. The van der Waals surface area contributed by atoms with Crippen molar-refractivity contribution >= 4 is 29.7 Å². The Morgan fingerprint density at radius 2 is 1.79 bits per heavy atom. The fourth-order valence-electron chi connectivity index (χ4n) is 1.59. The summed E-state index contributed by atoms with van der Waals surface area (Å²) in [5.74, 6) is 0.398. The first-order chi connectivity index (χ1) is 8.99. The Balaban J connectivity index is 2.35. The summed E-state index contributed by atoms with van der Waals surface area (Å²) in [6, 6.07) is 0. The second-order valence-corrected chi connectivity index (χ2v) is 4.23. The molecule has 2 heterocycles. The number of piperazine rings is 1. The molecule has 2 N–H and O–H groups in total. The van der Waals surface area contributed by atoms with Crippen molar-refractivity contribution in [3.05, 3.63) is 0 Å². The zero-order chi connectivity index (χ0) is 14.0. The highest BCUT2D eigenvalue weighted by Crippen LogP contribution is 2.15. The maximum Gasteiger partial charge on any atom is 0.246 e. The fraction of sp³-hybridized carbons (Fsp3) is 0.500. The van der Waals surface area contributed by atoms with Crippen LogP contribution in [0.25, 0.3) is 0 Å². The molecule has 1 aromatic heterocycles. The van der Waals surface area contributed by atoms with Crippen LogP contribution in [0.1, 0.15) is 0 Å². The van der Waals surface area contributed by atoms with Gasteiger partial charge in [-0.1, -0.05) is 0 Å². The van der Waals surface area contributed by atoms with Gasteiger partial charge in [-0.15, -0.1) is 0 Å². The zero-order valence-corrected chi connectivity index (χ0v) is 11.0. The van der Waals surface area contributed by atoms with Crippen LogP contribution in [0.5, 0.6) is 0 Å². The van der Waals surface area contributed by atoms with E-state index in [2.05, 4.69) is 25.6 Å². The summed E-state index contributed by atoms with van der Waals surface area (Å²) in [4.78, 5) is 38.5. The molecule has 9 heteroatoms. The predicted molar refractivity (Wildman–Crippen MR) is 69.1 cm³/mol. The average Bonchev–Trinajstić information content (AvgIpc) is 2.37. The predicted octanol–water partition coefficient (Wildman–Crippen LogP) is -1.56. The van der Waals surface area contributed by atoms with Crippen LogP contribution in [0.2, 0.25) is 0 Å². The molecule has 1 aromatic rings. The van der Waals surface area contributed by atoms with Gasteiger partial charge >= 0.3 is 0 Å². The van der Waals surface area contributed by atoms with E-state index in [4.69, 9.17) is 0 Å². The molecule has 2 rings (SSSR count). The Kier molecular flexibility index (Phi) is 3.45. The molecular formula is C10H15N7O2. The molecule has 102 valence electrons. The number of rotatable bonds is 3. The molecule has 1 fully saturated rings. The molecule has 0 radical (unpaired) electrons. The Labute approximate surface area is 110 Å². The van der Waals surface area contributed by atoms with Crippen molar-refractivity contribution in [2.45, 2.75) is 0 Å². The van der Waals surface area contributed by atoms with Gasteiger partial charge in [0.2, 0.25) is 29.7 Å². The van der Waals surface area contributed by atoms with E-state index in [-0.39, 0.29) is 24.9 Å². The van der Waals surface area contributed by atoms with Gasteiger partial charge in [0.1, 0.15) is 13.1 Å². The minimum absolute atomic E-state index is 0.0474. The lowest BCUT2D eigenvalue weighted by molar-refractivity contribution is -0.130. The van der Waals surface area contributed by atoms with Gasteiger partial charge in [0.25, 0.3) is 0 Å². The second-order valence-electron chi connectivity index (χ2n) is 4.23. The zero-order valence-electron chi connectivity index (χ0n) is 11.0. The van der Waals surface area contributed by atoms with Gasteiger partial charge in [0.05, 0.1) is 0 Å². The number of aromatic nitrogens is 3. The summed E-state index contributed by atoms with van der Waals surface area (Å²) in [6.45, 7) is 0.0948. The van der Waals surface area contributed by atoms with Crippen LogP contribution in [0, 0.1) is 0 Å². The van der Waals surface area contributed by atoms with Crippen LogP contribution in [-0.4, -0.2) is 61.0 Å². The van der Waals surface area contributed by atoms with E-state index in [1.807, 2.05) is 0 Å². The molecule has 1 saturated heterocycles. The van der Waals surface area contributed by atoms with Gasteiger partial charge in [-0.2, -0.15) is 15.0 Å². The van der Waals surface area contributed by atoms with E-state index in [0.29, 0.717) is 17.8 Å². The fourth-order valence-corrected chi connectivity index (χ4v) is 1.59. The van der Waals surface area contributed by atoms with E-state index in [1.54, 1.807) is 26.0 Å². The van der Waals surface area contributed by atoms with Gasteiger partial charge in [0.15, 0.2) is 0 Å². The lowest BCUT2D eigenvalue weighted by Gasteiger charge is -2.26. The molecule has 1 aliphatic heterocycles. The molecule has 0 saturated carbocycles. The van der Waals surface area contributed by atoms with Gasteiger partial charge in [-0.05, 0) is 0 Å². The van der Waals surface area contributed by atoms with Crippen LogP contribution >= 0.6 is 0 Å². The maximum atomic E-state index is 11.4.